The van der Waals surface area contributed by atoms with Gasteiger partial charge in [-0.15, -0.1) is 0 Å². The molecule has 1 aromatic heterocycles. The van der Waals surface area contributed by atoms with Gasteiger partial charge in [-0.1, -0.05) is 74.2 Å². The summed E-state index contributed by atoms with van der Waals surface area (Å²) in [6.45, 7) is 11.3. The van der Waals surface area contributed by atoms with Crippen LogP contribution in [0.25, 0.3) is 34.5 Å². The summed E-state index contributed by atoms with van der Waals surface area (Å²) in [5.41, 5.74) is 8.95. The number of hydrogen-bond donors (Lipinski definition) is 1. The maximum atomic E-state index is 12.6. The Hall–Kier alpha value is -3.34. The van der Waals surface area contributed by atoms with Gasteiger partial charge in [-0.05, 0) is 67.4 Å². The summed E-state index contributed by atoms with van der Waals surface area (Å²) in [6.07, 6.45) is 8.56. The van der Waals surface area contributed by atoms with Gasteiger partial charge in [0.1, 0.15) is 0 Å². The van der Waals surface area contributed by atoms with Crippen LogP contribution < -0.4 is 0 Å². The summed E-state index contributed by atoms with van der Waals surface area (Å²) < 4.78 is 5.50. The molecular formula is C32H37NO3. The molecule has 1 aliphatic heterocycles. The van der Waals surface area contributed by atoms with E-state index < -0.39 is 0 Å². The monoisotopic (exact) mass is 483 g/mol. The Balaban J connectivity index is 0.00000176. The molecule has 0 spiro atoms. The lowest BCUT2D eigenvalue weighted by Gasteiger charge is -2.22. The van der Waals surface area contributed by atoms with Gasteiger partial charge >= 0.3 is 0 Å². The number of aliphatic hydroxyl groups excluding tert-OH is 1. The first-order chi connectivity index (χ1) is 17.6. The van der Waals surface area contributed by atoms with Crippen LogP contribution in [0.15, 0.2) is 61.2 Å². The zero-order chi connectivity index (χ0) is 26.1. The van der Waals surface area contributed by atoms with Crippen molar-refractivity contribution in [2.45, 2.75) is 46.0 Å². The van der Waals surface area contributed by atoms with Gasteiger partial charge in [0.25, 0.3) is 0 Å². The number of ether oxygens (including phenoxy) is 1. The maximum Gasteiger partial charge on any atom is 0.160 e. The number of carbonyl (C=O) groups excluding carboxylic acids is 1. The molecule has 4 heteroatoms. The summed E-state index contributed by atoms with van der Waals surface area (Å²) in [7, 11) is 1.00. The van der Waals surface area contributed by atoms with Crippen LogP contribution in [0.1, 0.15) is 72.3 Å². The number of rotatable bonds is 7. The molecule has 1 aliphatic rings. The van der Waals surface area contributed by atoms with E-state index in [2.05, 4.69) is 62.0 Å². The standard InChI is InChI=1S/C31H33NO2.CH4O/c1-5-8-29-27(6-2)30(21(4)33)28(7-3)31(32-29)26-15-13-23(14-16-26)22-9-11-24(12-10-22)25-17-19-34-20-18-25;1-2/h5-6,8-16,25H,2,7,17-20H2,1,3-4H3;2H,1H3/b8-5-;. The molecular weight excluding hydrogens is 446 g/mol. The van der Waals surface area contributed by atoms with Crippen LogP contribution in [-0.2, 0) is 11.2 Å². The molecule has 1 saturated heterocycles. The number of aliphatic hydroxyl groups is 1. The smallest absolute Gasteiger partial charge is 0.160 e. The Morgan fingerprint density at radius 2 is 1.58 bits per heavy atom. The molecule has 1 fully saturated rings. The van der Waals surface area contributed by atoms with E-state index in [0.717, 1.165) is 73.2 Å². The van der Waals surface area contributed by atoms with Crippen molar-refractivity contribution in [2.75, 3.05) is 20.3 Å². The summed E-state index contributed by atoms with van der Waals surface area (Å²) in [4.78, 5) is 17.6. The van der Waals surface area contributed by atoms with Crippen LogP contribution in [0.5, 0.6) is 0 Å². The number of hydrogen-bond acceptors (Lipinski definition) is 4. The molecule has 188 valence electrons. The Morgan fingerprint density at radius 3 is 2.08 bits per heavy atom. The van der Waals surface area contributed by atoms with Crippen molar-refractivity contribution < 1.29 is 14.6 Å². The SMILES string of the molecule is C=Cc1c(/C=C\C)nc(-c2ccc(-c3ccc(C4CCOCC4)cc3)cc2)c(CC)c1C(C)=O.CO. The predicted octanol–water partition coefficient (Wildman–Crippen LogP) is 7.36. The van der Waals surface area contributed by atoms with E-state index in [4.69, 9.17) is 14.8 Å². The molecule has 0 unspecified atom stereocenters. The van der Waals surface area contributed by atoms with Crippen molar-refractivity contribution in [3.63, 3.8) is 0 Å². The lowest BCUT2D eigenvalue weighted by molar-refractivity contribution is 0.0853. The molecule has 2 aromatic carbocycles. The Bertz CT molecular complexity index is 1200. The molecule has 36 heavy (non-hydrogen) atoms. The van der Waals surface area contributed by atoms with E-state index in [1.165, 1.54) is 16.7 Å². The minimum Gasteiger partial charge on any atom is -0.400 e. The van der Waals surface area contributed by atoms with E-state index in [9.17, 15) is 4.79 Å². The number of aromatic nitrogens is 1. The minimum atomic E-state index is 0.0439. The second-order valence-corrected chi connectivity index (χ2v) is 8.81. The average molecular weight is 484 g/mol. The Morgan fingerprint density at radius 1 is 1.03 bits per heavy atom. The molecule has 2 heterocycles. The van der Waals surface area contributed by atoms with E-state index in [1.54, 1.807) is 13.0 Å². The zero-order valence-electron chi connectivity index (χ0n) is 21.9. The first kappa shape index (κ1) is 27.3. The number of Topliss-reactive ketones (excluding diaryl/α,β-unsaturated/α-hetero) is 1. The summed E-state index contributed by atoms with van der Waals surface area (Å²) >= 11 is 0. The number of benzene rings is 2. The van der Waals surface area contributed by atoms with Crippen molar-refractivity contribution >= 4 is 17.9 Å². The molecule has 0 saturated carbocycles. The zero-order valence-corrected chi connectivity index (χ0v) is 21.9. The van der Waals surface area contributed by atoms with Gasteiger partial charge in [0.15, 0.2) is 5.78 Å². The molecule has 0 amide bonds. The Labute approximate surface area is 215 Å². The Kier molecular flexibility index (Phi) is 9.92. The van der Waals surface area contributed by atoms with E-state index >= 15 is 0 Å². The van der Waals surface area contributed by atoms with E-state index in [0.29, 0.717) is 5.92 Å². The molecule has 4 rings (SSSR count). The van der Waals surface area contributed by atoms with Gasteiger partial charge in [-0.2, -0.15) is 0 Å². The van der Waals surface area contributed by atoms with Crippen LogP contribution in [0, 0.1) is 0 Å². The largest absolute Gasteiger partial charge is 0.400 e. The van der Waals surface area contributed by atoms with Gasteiger partial charge in [0, 0.05) is 37.0 Å². The van der Waals surface area contributed by atoms with Crippen molar-refractivity contribution in [2.24, 2.45) is 0 Å². The van der Waals surface area contributed by atoms with Crippen molar-refractivity contribution in [3.05, 3.63) is 89.1 Å². The van der Waals surface area contributed by atoms with Gasteiger partial charge in [0.05, 0.1) is 11.4 Å². The third-order valence-electron chi connectivity index (χ3n) is 6.69. The highest BCUT2D eigenvalue weighted by Gasteiger charge is 2.20. The van der Waals surface area contributed by atoms with Crippen LogP contribution in [-0.4, -0.2) is 36.2 Å². The summed E-state index contributed by atoms with van der Waals surface area (Å²) in [5.74, 6) is 0.645. The topological polar surface area (TPSA) is 59.4 Å². The van der Waals surface area contributed by atoms with Crippen LogP contribution in [0.3, 0.4) is 0 Å². The lowest BCUT2D eigenvalue weighted by Crippen LogP contribution is -2.13. The molecule has 4 nitrogen and oxygen atoms in total. The highest BCUT2D eigenvalue weighted by molar-refractivity contribution is 6.01. The second-order valence-electron chi connectivity index (χ2n) is 8.81. The first-order valence-corrected chi connectivity index (χ1v) is 12.6. The molecule has 0 aliphatic carbocycles. The van der Waals surface area contributed by atoms with E-state index in [1.807, 2.05) is 19.1 Å². The predicted molar refractivity (Wildman–Crippen MR) is 150 cm³/mol. The maximum absolute atomic E-state index is 12.6. The molecule has 0 radical (unpaired) electrons. The molecule has 0 atom stereocenters. The minimum absolute atomic E-state index is 0.0439. The highest BCUT2D eigenvalue weighted by atomic mass is 16.5. The highest BCUT2D eigenvalue weighted by Crippen LogP contribution is 2.33. The van der Waals surface area contributed by atoms with Crippen LogP contribution in [0.4, 0.5) is 0 Å². The number of carbonyl (C=O) groups is 1. The van der Waals surface area contributed by atoms with Crippen molar-refractivity contribution in [1.29, 1.82) is 0 Å². The number of pyridine rings is 1. The normalized spacial score (nSPS) is 13.8. The number of allylic oxidation sites excluding steroid dienone is 1. The molecule has 3 aromatic rings. The third kappa shape index (κ3) is 5.89. The summed E-state index contributed by atoms with van der Waals surface area (Å²) in [6, 6.07) is 17.5. The third-order valence-corrected chi connectivity index (χ3v) is 6.69. The van der Waals surface area contributed by atoms with Gasteiger partial charge < -0.3 is 9.84 Å². The lowest BCUT2D eigenvalue weighted by atomic mass is 9.89. The number of ketones is 1. The quantitative estimate of drug-likeness (QED) is 0.357. The first-order valence-electron chi connectivity index (χ1n) is 12.6. The summed E-state index contributed by atoms with van der Waals surface area (Å²) in [5, 5.41) is 7.00. The fourth-order valence-corrected chi connectivity index (χ4v) is 4.93. The second kappa shape index (κ2) is 13.1. The van der Waals surface area contributed by atoms with Gasteiger partial charge in [-0.25, -0.2) is 4.98 Å². The van der Waals surface area contributed by atoms with Gasteiger partial charge in [-0.3, -0.25) is 4.79 Å². The number of nitrogens with zero attached hydrogens (tertiary/aromatic N) is 1. The average Bonchev–Trinajstić information content (AvgIpc) is 2.94. The van der Waals surface area contributed by atoms with Crippen molar-refractivity contribution in [3.8, 4) is 22.4 Å². The fraction of sp³-hybridized carbons (Fsp3) is 0.312. The molecule has 1 N–H and O–H groups in total. The van der Waals surface area contributed by atoms with Crippen molar-refractivity contribution in [1.82, 2.24) is 4.98 Å². The van der Waals surface area contributed by atoms with Crippen LogP contribution >= 0.6 is 0 Å². The van der Waals surface area contributed by atoms with Crippen LogP contribution in [0.2, 0.25) is 0 Å². The van der Waals surface area contributed by atoms with Gasteiger partial charge in [0.2, 0.25) is 0 Å². The molecule has 0 bridgehead atoms. The fourth-order valence-electron chi connectivity index (χ4n) is 4.93. The van der Waals surface area contributed by atoms with E-state index in [-0.39, 0.29) is 5.78 Å².